The number of likely N-dealkylation sites (tertiary alicyclic amines) is 1. The number of amides is 1. The Labute approximate surface area is 314 Å². The average molecular weight is 748 g/mol. The fourth-order valence-electron chi connectivity index (χ4n) is 6.63. The Morgan fingerprint density at radius 2 is 1.77 bits per heavy atom. The van der Waals surface area contributed by atoms with E-state index < -0.39 is 26.4 Å². The van der Waals surface area contributed by atoms with E-state index in [0.29, 0.717) is 52.6 Å². The number of nitrogens with one attached hydrogen (secondary N) is 1. The van der Waals surface area contributed by atoms with E-state index >= 15 is 0 Å². The molecule has 5 rings (SSSR count). The second-order valence-corrected chi connectivity index (χ2v) is 20.5. The molecule has 3 unspecified atom stereocenters. The Bertz CT molecular complexity index is 1710. The summed E-state index contributed by atoms with van der Waals surface area (Å²) in [6.07, 6.45) is 1.25. The van der Waals surface area contributed by atoms with E-state index in [1.165, 1.54) is 4.90 Å². The van der Waals surface area contributed by atoms with E-state index in [-0.39, 0.29) is 12.5 Å². The van der Waals surface area contributed by atoms with Crippen LogP contribution >= 0.6 is 0 Å². The lowest BCUT2D eigenvalue weighted by Gasteiger charge is -2.39. The van der Waals surface area contributed by atoms with Crippen molar-refractivity contribution in [3.8, 4) is 11.5 Å². The van der Waals surface area contributed by atoms with Crippen LogP contribution in [-0.4, -0.2) is 101 Å². The van der Waals surface area contributed by atoms with Crippen molar-refractivity contribution in [1.82, 2.24) is 14.9 Å². The molecule has 1 aromatic heterocycles. The molecule has 3 aromatic carbocycles. The van der Waals surface area contributed by atoms with Crippen molar-refractivity contribution in [2.75, 3.05) is 60.3 Å². The number of aromatic nitrogens is 2. The summed E-state index contributed by atoms with van der Waals surface area (Å²) in [5.74, 6) is 2.48. The minimum atomic E-state index is -1.31. The Morgan fingerprint density at radius 3 is 2.53 bits per heavy atom. The fraction of sp³-hybridized carbons (Fsp3) is 0.512. The molecular formula is C41H57N3O8Si. The molecule has 3 atom stereocenters. The van der Waals surface area contributed by atoms with Crippen LogP contribution in [-0.2, 0) is 32.0 Å². The topological polar surface area (TPSA) is 125 Å². The van der Waals surface area contributed by atoms with Gasteiger partial charge in [0.05, 0.1) is 57.2 Å². The summed E-state index contributed by atoms with van der Waals surface area (Å²) in [6.45, 7) is 11.0. The first-order valence-electron chi connectivity index (χ1n) is 18.7. The van der Waals surface area contributed by atoms with E-state index in [0.717, 1.165) is 70.4 Å². The van der Waals surface area contributed by atoms with Gasteiger partial charge >= 0.3 is 6.09 Å². The number of carboxylic acid groups (broad SMARTS) is 1. The van der Waals surface area contributed by atoms with Gasteiger partial charge in [-0.05, 0) is 48.7 Å². The molecule has 0 aliphatic carbocycles. The summed E-state index contributed by atoms with van der Waals surface area (Å²) in [5.41, 5.74) is 4.84. The summed E-state index contributed by atoms with van der Waals surface area (Å²) in [7, 11) is 2.06. The van der Waals surface area contributed by atoms with Crippen LogP contribution in [0.25, 0.3) is 11.0 Å². The highest BCUT2D eigenvalue weighted by Crippen LogP contribution is 2.36. The van der Waals surface area contributed by atoms with E-state index in [4.69, 9.17) is 33.4 Å². The zero-order valence-corrected chi connectivity index (χ0v) is 33.0. The molecule has 1 aliphatic heterocycles. The van der Waals surface area contributed by atoms with Crippen LogP contribution < -0.4 is 9.47 Å². The first-order valence-corrected chi connectivity index (χ1v) is 22.5. The molecule has 288 valence electrons. The van der Waals surface area contributed by atoms with Crippen molar-refractivity contribution in [2.45, 2.75) is 76.1 Å². The Hall–Kier alpha value is -3.94. The third-order valence-corrected chi connectivity index (χ3v) is 11.3. The van der Waals surface area contributed by atoms with Gasteiger partial charge in [0.15, 0.2) is 0 Å². The van der Waals surface area contributed by atoms with Crippen molar-refractivity contribution in [1.29, 1.82) is 0 Å². The molecule has 0 saturated carbocycles. The number of fused-ring (bicyclic) bond motifs is 1. The predicted octanol–water partition coefficient (Wildman–Crippen LogP) is 8.08. The number of aryl methyl sites for hydroxylation is 1. The number of hydrogen-bond acceptors (Lipinski definition) is 8. The summed E-state index contributed by atoms with van der Waals surface area (Å²) >= 11 is 0. The first-order chi connectivity index (χ1) is 25.6. The number of rotatable bonds is 21. The van der Waals surface area contributed by atoms with Crippen LogP contribution in [0.3, 0.4) is 0 Å². The molecule has 2 heterocycles. The van der Waals surface area contributed by atoms with E-state index in [9.17, 15) is 9.90 Å². The highest BCUT2D eigenvalue weighted by Gasteiger charge is 2.36. The number of methoxy groups -OCH3 is 2. The van der Waals surface area contributed by atoms with Crippen molar-refractivity contribution in [3.63, 3.8) is 0 Å². The highest BCUT2D eigenvalue weighted by molar-refractivity contribution is 6.76. The maximum absolute atomic E-state index is 12.2. The number of para-hydroxylation sites is 2. The molecule has 1 amide bonds. The number of benzene rings is 3. The van der Waals surface area contributed by atoms with E-state index in [1.54, 1.807) is 14.2 Å². The van der Waals surface area contributed by atoms with Gasteiger partial charge in [-0.2, -0.15) is 0 Å². The van der Waals surface area contributed by atoms with Crippen LogP contribution in [0.1, 0.15) is 53.8 Å². The normalized spacial score (nSPS) is 16.9. The molecule has 0 bridgehead atoms. The van der Waals surface area contributed by atoms with E-state index in [1.807, 2.05) is 48.5 Å². The zero-order valence-electron chi connectivity index (χ0n) is 32.0. The minimum Gasteiger partial charge on any atom is -0.496 e. The van der Waals surface area contributed by atoms with Crippen molar-refractivity contribution >= 4 is 25.2 Å². The standard InChI is InChI=1S/C41H57N3O8Si/c1-47-22-9-15-39-42-35-13-8-12-34(40(35)43-39)38(29-50-25-26-53(3,4)5)52-37-27-44(41(45)46)21-20-33(37)30-16-18-32(19-17-30)51-24-10-23-49-28-31-11-6-7-14-36(31)48-2/h6-8,11-14,16-19,33,37-38H,9-10,15,20-29H2,1-5H3,(H,42,43)(H,45,46). The first kappa shape index (κ1) is 40.2. The summed E-state index contributed by atoms with van der Waals surface area (Å²) in [4.78, 5) is 22.1. The van der Waals surface area contributed by atoms with Gasteiger partial charge in [0.25, 0.3) is 0 Å². The summed E-state index contributed by atoms with van der Waals surface area (Å²) in [5, 5.41) is 10.00. The lowest BCUT2D eigenvalue weighted by molar-refractivity contribution is -0.0858. The van der Waals surface area contributed by atoms with Gasteiger partial charge in [-0.3, -0.25) is 0 Å². The third kappa shape index (κ3) is 12.0. The van der Waals surface area contributed by atoms with Crippen molar-refractivity contribution < 1.29 is 38.3 Å². The van der Waals surface area contributed by atoms with Crippen LogP contribution in [0.4, 0.5) is 4.79 Å². The van der Waals surface area contributed by atoms with Gasteiger partial charge in [-0.25, -0.2) is 9.78 Å². The Kier molecular flexibility index (Phi) is 15.1. The van der Waals surface area contributed by atoms with Crippen LogP contribution in [0.5, 0.6) is 11.5 Å². The molecule has 11 nitrogen and oxygen atoms in total. The Balaban J connectivity index is 1.27. The second kappa shape index (κ2) is 19.9. The summed E-state index contributed by atoms with van der Waals surface area (Å²) < 4.78 is 35.9. The smallest absolute Gasteiger partial charge is 0.407 e. The minimum absolute atomic E-state index is 0.0181. The predicted molar refractivity (Wildman–Crippen MR) is 209 cm³/mol. The molecule has 1 fully saturated rings. The zero-order chi connectivity index (χ0) is 37.6. The number of ether oxygens (including phenoxy) is 6. The number of H-pyrrole nitrogens is 1. The molecule has 1 saturated heterocycles. The molecule has 53 heavy (non-hydrogen) atoms. The molecule has 1 aliphatic rings. The lowest BCUT2D eigenvalue weighted by Crippen LogP contribution is -2.47. The van der Waals surface area contributed by atoms with Gasteiger partial charge in [-0.15, -0.1) is 0 Å². The number of carbonyl (C=O) groups is 1. The van der Waals surface area contributed by atoms with Crippen molar-refractivity contribution in [3.05, 3.63) is 89.2 Å². The second-order valence-electron chi connectivity index (χ2n) is 14.8. The number of hydrogen-bond donors (Lipinski definition) is 2. The molecule has 4 aromatic rings. The summed E-state index contributed by atoms with van der Waals surface area (Å²) in [6, 6.07) is 23.1. The third-order valence-electron chi connectivity index (χ3n) is 9.60. The lowest BCUT2D eigenvalue weighted by atomic mass is 9.86. The number of nitrogens with zero attached hydrogens (tertiary/aromatic N) is 2. The van der Waals surface area contributed by atoms with Crippen LogP contribution in [0.15, 0.2) is 66.7 Å². The van der Waals surface area contributed by atoms with Gasteiger partial charge < -0.3 is 43.4 Å². The quantitative estimate of drug-likeness (QED) is 0.0643. The Morgan fingerprint density at radius 1 is 0.962 bits per heavy atom. The maximum atomic E-state index is 12.2. The molecule has 0 radical (unpaired) electrons. The maximum Gasteiger partial charge on any atom is 0.407 e. The van der Waals surface area contributed by atoms with Crippen LogP contribution in [0.2, 0.25) is 25.7 Å². The molecular weight excluding hydrogens is 691 g/mol. The van der Waals surface area contributed by atoms with Gasteiger partial charge in [0, 0.05) is 64.8 Å². The van der Waals surface area contributed by atoms with E-state index in [2.05, 4.69) is 42.8 Å². The molecule has 12 heteroatoms. The number of piperidine rings is 1. The van der Waals surface area contributed by atoms with Gasteiger partial charge in [0.2, 0.25) is 0 Å². The SMILES string of the molecule is COCCCc1nc2c(C(COCC[Si](C)(C)C)OC3CN(C(=O)O)CCC3c3ccc(OCCCOCc4ccccc4OC)cc3)cccc2[nH]1. The number of aromatic amines is 1. The molecule has 0 spiro atoms. The van der Waals surface area contributed by atoms with Gasteiger partial charge in [0.1, 0.15) is 23.4 Å². The highest BCUT2D eigenvalue weighted by atomic mass is 28.3. The monoisotopic (exact) mass is 747 g/mol. The van der Waals surface area contributed by atoms with Crippen LogP contribution in [0, 0.1) is 0 Å². The average Bonchev–Trinajstić information content (AvgIpc) is 3.57. The fourth-order valence-corrected chi connectivity index (χ4v) is 7.38. The van der Waals surface area contributed by atoms with Crippen molar-refractivity contribution in [2.24, 2.45) is 0 Å². The molecule has 2 N–H and O–H groups in total. The number of imidazole rings is 1. The van der Waals surface area contributed by atoms with Gasteiger partial charge in [-0.1, -0.05) is 62.1 Å². The largest absolute Gasteiger partial charge is 0.496 e.